The monoisotopic (exact) mass is 229 g/mol. The van der Waals surface area contributed by atoms with Crippen molar-refractivity contribution in [1.82, 2.24) is 0 Å². The lowest BCUT2D eigenvalue weighted by atomic mass is 10.2. The van der Waals surface area contributed by atoms with Gasteiger partial charge < -0.3 is 9.08 Å². The molecule has 12 heavy (non-hydrogen) atoms. The molecule has 0 saturated heterocycles. The molecule has 1 aromatic rings. The van der Waals surface area contributed by atoms with E-state index in [1.54, 1.807) is 18.2 Å². The van der Waals surface area contributed by atoms with Gasteiger partial charge in [-0.25, -0.2) is 4.79 Å². The minimum Gasteiger partial charge on any atom is -0.465 e. The summed E-state index contributed by atoms with van der Waals surface area (Å²) in [6, 6.07) is 7.00. The van der Waals surface area contributed by atoms with E-state index in [9.17, 15) is 4.79 Å². The number of anilines is 1. The van der Waals surface area contributed by atoms with E-state index in [4.69, 9.17) is 0 Å². The van der Waals surface area contributed by atoms with Gasteiger partial charge in [0.2, 0.25) is 0 Å². The minimum atomic E-state index is -0.334. The van der Waals surface area contributed by atoms with Gasteiger partial charge in [0.05, 0.1) is 12.7 Å². The van der Waals surface area contributed by atoms with Crippen LogP contribution in [0.25, 0.3) is 0 Å². The predicted molar refractivity (Wildman–Crippen MR) is 50.3 cm³/mol. The third kappa shape index (κ3) is 1.98. The maximum Gasteiger partial charge on any atom is 0.337 e. The largest absolute Gasteiger partial charge is 0.465 e. The van der Waals surface area contributed by atoms with Gasteiger partial charge in [-0.2, -0.15) is 0 Å². The highest BCUT2D eigenvalue weighted by molar-refractivity contribution is 9.10. The van der Waals surface area contributed by atoms with Gasteiger partial charge in [0.25, 0.3) is 0 Å². The highest BCUT2D eigenvalue weighted by atomic mass is 79.9. The van der Waals surface area contributed by atoms with Crippen LogP contribution in [0.1, 0.15) is 10.4 Å². The Kier molecular flexibility index (Phi) is 3.10. The van der Waals surface area contributed by atoms with Crippen LogP contribution >= 0.6 is 16.1 Å². The summed E-state index contributed by atoms with van der Waals surface area (Å²) in [6.07, 6.45) is 0. The van der Waals surface area contributed by atoms with Crippen LogP contribution in [0, 0.1) is 0 Å². The third-order valence-electron chi connectivity index (χ3n) is 1.39. The van der Waals surface area contributed by atoms with Gasteiger partial charge in [-0.15, -0.1) is 0 Å². The van der Waals surface area contributed by atoms with Crippen molar-refractivity contribution >= 4 is 27.8 Å². The Balaban J connectivity index is 2.93. The molecule has 0 aliphatic heterocycles. The standard InChI is InChI=1S/C8H8BrNO2/c1-12-8(11)6-3-2-4-7(5-6)10-9/h2-5,10H,1H3. The first-order chi connectivity index (χ1) is 5.77. The number of carbonyl (C=O) groups excluding carboxylic acids is 1. The summed E-state index contributed by atoms with van der Waals surface area (Å²) in [4.78, 5) is 11.0. The van der Waals surface area contributed by atoms with Crippen molar-refractivity contribution in [2.75, 3.05) is 11.5 Å². The van der Waals surface area contributed by atoms with Crippen molar-refractivity contribution in [3.05, 3.63) is 29.8 Å². The highest BCUT2D eigenvalue weighted by Crippen LogP contribution is 2.12. The summed E-state index contributed by atoms with van der Waals surface area (Å²) < 4.78 is 7.30. The molecule has 3 nitrogen and oxygen atoms in total. The Hall–Kier alpha value is -1.03. The summed E-state index contributed by atoms with van der Waals surface area (Å²) in [5.74, 6) is -0.334. The normalized spacial score (nSPS) is 9.17. The smallest absolute Gasteiger partial charge is 0.337 e. The Morgan fingerprint density at radius 2 is 2.33 bits per heavy atom. The van der Waals surface area contributed by atoms with Crippen LogP contribution < -0.4 is 4.34 Å². The Morgan fingerprint density at radius 1 is 1.58 bits per heavy atom. The van der Waals surface area contributed by atoms with Crippen molar-refractivity contribution in [2.45, 2.75) is 0 Å². The SMILES string of the molecule is COC(=O)c1cccc(NBr)c1. The van der Waals surface area contributed by atoms with E-state index in [2.05, 4.69) is 25.2 Å². The van der Waals surface area contributed by atoms with E-state index in [0.29, 0.717) is 5.56 Å². The van der Waals surface area contributed by atoms with Gasteiger partial charge in [0, 0.05) is 21.8 Å². The first kappa shape index (κ1) is 9.06. The van der Waals surface area contributed by atoms with Gasteiger partial charge in [-0.1, -0.05) is 6.07 Å². The van der Waals surface area contributed by atoms with Gasteiger partial charge in [-0.05, 0) is 18.2 Å². The van der Waals surface area contributed by atoms with Crippen LogP contribution in [0.5, 0.6) is 0 Å². The lowest BCUT2D eigenvalue weighted by Gasteiger charge is -2.01. The topological polar surface area (TPSA) is 38.3 Å². The molecule has 1 rings (SSSR count). The fourth-order valence-corrected chi connectivity index (χ4v) is 1.07. The highest BCUT2D eigenvalue weighted by Gasteiger charge is 2.04. The molecule has 0 aliphatic carbocycles. The van der Waals surface area contributed by atoms with Crippen LogP contribution in [0.15, 0.2) is 24.3 Å². The zero-order valence-electron chi connectivity index (χ0n) is 6.50. The van der Waals surface area contributed by atoms with Gasteiger partial charge >= 0.3 is 5.97 Å². The second-order valence-electron chi connectivity index (χ2n) is 2.17. The number of carbonyl (C=O) groups is 1. The van der Waals surface area contributed by atoms with Gasteiger partial charge in [0.15, 0.2) is 0 Å². The van der Waals surface area contributed by atoms with E-state index in [-0.39, 0.29) is 5.97 Å². The Bertz CT molecular complexity index is 288. The predicted octanol–water partition coefficient (Wildman–Crippen LogP) is 2.20. The van der Waals surface area contributed by atoms with Crippen LogP contribution in [-0.2, 0) is 4.74 Å². The molecule has 0 radical (unpaired) electrons. The summed E-state index contributed by atoms with van der Waals surface area (Å²) in [7, 11) is 1.36. The number of hydrogen-bond donors (Lipinski definition) is 1. The summed E-state index contributed by atoms with van der Waals surface area (Å²) in [5, 5.41) is 0. The summed E-state index contributed by atoms with van der Waals surface area (Å²) in [6.45, 7) is 0. The van der Waals surface area contributed by atoms with Gasteiger partial charge in [0.1, 0.15) is 0 Å². The quantitative estimate of drug-likeness (QED) is 0.625. The van der Waals surface area contributed by atoms with E-state index in [1.165, 1.54) is 7.11 Å². The molecular weight excluding hydrogens is 222 g/mol. The molecule has 0 fully saturated rings. The fraction of sp³-hybridized carbons (Fsp3) is 0.125. The molecular formula is C8H8BrNO2. The van der Waals surface area contributed by atoms with Crippen molar-refractivity contribution in [2.24, 2.45) is 0 Å². The molecule has 0 unspecified atom stereocenters. The second-order valence-corrected chi connectivity index (χ2v) is 2.56. The second kappa shape index (κ2) is 4.11. The van der Waals surface area contributed by atoms with E-state index >= 15 is 0 Å². The molecule has 0 spiro atoms. The van der Waals surface area contributed by atoms with Crippen molar-refractivity contribution in [1.29, 1.82) is 0 Å². The maximum atomic E-state index is 11.0. The van der Waals surface area contributed by atoms with Crippen LogP contribution in [-0.4, -0.2) is 13.1 Å². The number of benzene rings is 1. The number of rotatable bonds is 2. The molecule has 0 heterocycles. The molecule has 64 valence electrons. The molecule has 0 aromatic heterocycles. The van der Waals surface area contributed by atoms with E-state index in [0.717, 1.165) is 5.69 Å². The zero-order valence-corrected chi connectivity index (χ0v) is 8.09. The number of methoxy groups -OCH3 is 1. The number of nitrogens with one attached hydrogen (secondary N) is 1. The van der Waals surface area contributed by atoms with Crippen LogP contribution in [0.3, 0.4) is 0 Å². The Labute approximate surface area is 79.1 Å². The van der Waals surface area contributed by atoms with Crippen LogP contribution in [0.4, 0.5) is 5.69 Å². The molecule has 0 amide bonds. The molecule has 0 saturated carbocycles. The lowest BCUT2D eigenvalue weighted by Crippen LogP contribution is -2.00. The maximum absolute atomic E-state index is 11.0. The molecule has 1 aromatic carbocycles. The molecule has 4 heteroatoms. The molecule has 1 N–H and O–H groups in total. The molecule has 0 atom stereocenters. The zero-order chi connectivity index (χ0) is 8.97. The minimum absolute atomic E-state index is 0.334. The van der Waals surface area contributed by atoms with Crippen molar-refractivity contribution in [3.63, 3.8) is 0 Å². The first-order valence-electron chi connectivity index (χ1n) is 3.33. The fourth-order valence-electron chi connectivity index (χ4n) is 0.823. The number of halogens is 1. The summed E-state index contributed by atoms with van der Waals surface area (Å²) in [5.41, 5.74) is 1.35. The van der Waals surface area contributed by atoms with Crippen molar-refractivity contribution in [3.8, 4) is 0 Å². The Morgan fingerprint density at radius 3 is 2.92 bits per heavy atom. The summed E-state index contributed by atoms with van der Waals surface area (Å²) >= 11 is 3.06. The van der Waals surface area contributed by atoms with Crippen LogP contribution in [0.2, 0.25) is 0 Å². The van der Waals surface area contributed by atoms with E-state index < -0.39 is 0 Å². The number of ether oxygens (including phenoxy) is 1. The molecule has 0 bridgehead atoms. The molecule has 0 aliphatic rings. The third-order valence-corrected chi connectivity index (χ3v) is 1.85. The average molecular weight is 230 g/mol. The average Bonchev–Trinajstić information content (AvgIpc) is 2.17. The van der Waals surface area contributed by atoms with E-state index in [1.807, 2.05) is 6.07 Å². The number of esters is 1. The lowest BCUT2D eigenvalue weighted by molar-refractivity contribution is 0.0601. The van der Waals surface area contributed by atoms with Crippen molar-refractivity contribution < 1.29 is 9.53 Å². The number of hydrogen-bond acceptors (Lipinski definition) is 3. The first-order valence-corrected chi connectivity index (χ1v) is 4.12. The van der Waals surface area contributed by atoms with Gasteiger partial charge in [-0.3, -0.25) is 0 Å².